The maximum atomic E-state index is 13.5. The largest absolute Gasteiger partial charge is 0.490 e. The van der Waals surface area contributed by atoms with E-state index >= 15 is 0 Å². The second kappa shape index (κ2) is 8.97. The Balaban J connectivity index is 1.55. The smallest absolute Gasteiger partial charge is 0.419 e. The number of carboxylic acid groups (broad SMARTS) is 1. The van der Waals surface area contributed by atoms with Gasteiger partial charge in [-0.05, 0) is 55.8 Å². The molecule has 33 heavy (non-hydrogen) atoms. The normalized spacial score (nSPS) is 16.1. The lowest BCUT2D eigenvalue weighted by atomic mass is 10.1. The number of ether oxygens (including phenoxy) is 2. The first-order valence-corrected chi connectivity index (χ1v) is 10.7. The van der Waals surface area contributed by atoms with Crippen molar-refractivity contribution in [2.24, 2.45) is 0 Å². The van der Waals surface area contributed by atoms with E-state index in [-0.39, 0.29) is 30.9 Å². The second-order valence-corrected chi connectivity index (χ2v) is 8.33. The number of alkyl halides is 3. The maximum absolute atomic E-state index is 13.5. The lowest BCUT2D eigenvalue weighted by Gasteiger charge is -2.25. The van der Waals surface area contributed by atoms with E-state index in [1.54, 1.807) is 26.0 Å². The van der Waals surface area contributed by atoms with E-state index in [2.05, 4.69) is 9.88 Å². The first-order valence-electron chi connectivity index (χ1n) is 10.7. The number of hydrogen-bond acceptors (Lipinski definition) is 4. The summed E-state index contributed by atoms with van der Waals surface area (Å²) in [5.41, 5.74) is 1.40. The highest BCUT2D eigenvalue weighted by Crippen LogP contribution is 2.37. The number of halogens is 3. The first kappa shape index (κ1) is 23.0. The number of hydrogen-bond donors (Lipinski definition) is 2. The Kier molecular flexibility index (Phi) is 6.25. The molecule has 0 bridgehead atoms. The van der Waals surface area contributed by atoms with Crippen molar-refractivity contribution >= 4 is 16.9 Å². The van der Waals surface area contributed by atoms with Gasteiger partial charge in [-0.15, -0.1) is 0 Å². The van der Waals surface area contributed by atoms with Crippen molar-refractivity contribution in [2.75, 3.05) is 6.54 Å². The molecule has 0 saturated carbocycles. The average molecular weight is 462 g/mol. The molecule has 4 rings (SSSR count). The van der Waals surface area contributed by atoms with E-state index in [0.29, 0.717) is 17.9 Å². The predicted molar refractivity (Wildman–Crippen MR) is 116 cm³/mol. The Hall–Kier alpha value is -3.20. The SMILES string of the molecule is CC(C)Oc1ccc(COc2ccc3c(c2)cc2n3CCNC2CC(=O)O)cc1C(F)(F)F. The molecule has 0 saturated heterocycles. The fourth-order valence-electron chi connectivity index (χ4n) is 4.12. The van der Waals surface area contributed by atoms with E-state index in [1.807, 2.05) is 18.2 Å². The number of benzene rings is 2. The molecule has 9 heteroatoms. The Morgan fingerprint density at radius 1 is 1.21 bits per heavy atom. The lowest BCUT2D eigenvalue weighted by Crippen LogP contribution is -2.34. The highest BCUT2D eigenvalue weighted by Gasteiger charge is 2.35. The Bertz CT molecular complexity index is 1170. The topological polar surface area (TPSA) is 72.7 Å². The molecule has 1 aliphatic rings. The number of rotatable bonds is 7. The third kappa shape index (κ3) is 5.08. The molecule has 0 radical (unpaired) electrons. The van der Waals surface area contributed by atoms with Crippen molar-refractivity contribution < 1.29 is 32.5 Å². The van der Waals surface area contributed by atoms with E-state index < -0.39 is 17.7 Å². The van der Waals surface area contributed by atoms with Crippen LogP contribution in [0.4, 0.5) is 13.2 Å². The number of fused-ring (bicyclic) bond motifs is 3. The number of carbonyl (C=O) groups is 1. The van der Waals surface area contributed by atoms with Crippen LogP contribution in [0.25, 0.3) is 10.9 Å². The summed E-state index contributed by atoms with van der Waals surface area (Å²) in [7, 11) is 0. The zero-order valence-electron chi connectivity index (χ0n) is 18.3. The summed E-state index contributed by atoms with van der Waals surface area (Å²) in [6.07, 6.45) is -4.93. The first-order chi connectivity index (χ1) is 15.6. The quantitative estimate of drug-likeness (QED) is 0.508. The van der Waals surface area contributed by atoms with E-state index in [0.717, 1.165) is 29.2 Å². The van der Waals surface area contributed by atoms with Crippen LogP contribution >= 0.6 is 0 Å². The lowest BCUT2D eigenvalue weighted by molar-refractivity contribution is -0.139. The molecule has 1 aliphatic heterocycles. The standard InChI is InChI=1S/C24H25F3N2O4/c1-14(2)33-22-6-3-15(9-18(22)24(25,26)27)13-32-17-4-5-20-16(10-17)11-21-19(12-23(30)31)28-7-8-29(20)21/h3-6,9-11,14,19,28H,7-8,12-13H2,1-2H3,(H,30,31). The summed E-state index contributed by atoms with van der Waals surface area (Å²) < 4.78 is 53.6. The van der Waals surface area contributed by atoms with Gasteiger partial charge in [0.15, 0.2) is 0 Å². The minimum atomic E-state index is -4.54. The van der Waals surface area contributed by atoms with Gasteiger partial charge in [-0.3, -0.25) is 4.79 Å². The van der Waals surface area contributed by atoms with Crippen molar-refractivity contribution in [3.05, 3.63) is 59.3 Å². The van der Waals surface area contributed by atoms with Crippen LogP contribution in [0.2, 0.25) is 0 Å². The van der Waals surface area contributed by atoms with Crippen LogP contribution in [-0.4, -0.2) is 28.3 Å². The molecule has 2 N–H and O–H groups in total. The van der Waals surface area contributed by atoms with Gasteiger partial charge in [0.2, 0.25) is 0 Å². The molecule has 2 heterocycles. The number of aliphatic carboxylic acids is 1. The number of nitrogens with zero attached hydrogens (tertiary/aromatic N) is 1. The molecule has 1 unspecified atom stereocenters. The minimum Gasteiger partial charge on any atom is -0.490 e. The zero-order valence-corrected chi connectivity index (χ0v) is 18.3. The monoisotopic (exact) mass is 462 g/mol. The van der Waals surface area contributed by atoms with Gasteiger partial charge in [-0.2, -0.15) is 13.2 Å². The van der Waals surface area contributed by atoms with Gasteiger partial charge in [0, 0.05) is 29.7 Å². The third-order valence-corrected chi connectivity index (χ3v) is 5.48. The Morgan fingerprint density at radius 2 is 2.00 bits per heavy atom. The molecule has 2 aromatic carbocycles. The van der Waals surface area contributed by atoms with E-state index in [1.165, 1.54) is 6.07 Å². The second-order valence-electron chi connectivity index (χ2n) is 8.33. The van der Waals surface area contributed by atoms with Gasteiger partial charge in [0.05, 0.1) is 24.1 Å². The molecule has 6 nitrogen and oxygen atoms in total. The number of carboxylic acids is 1. The summed E-state index contributed by atoms with van der Waals surface area (Å²) in [5, 5.41) is 13.3. The van der Waals surface area contributed by atoms with Crippen LogP contribution in [0.5, 0.6) is 11.5 Å². The molecule has 0 spiro atoms. The predicted octanol–water partition coefficient (Wildman–Crippen LogP) is 5.15. The fraction of sp³-hybridized carbons (Fsp3) is 0.375. The van der Waals surface area contributed by atoms with Crippen molar-refractivity contribution in [3.8, 4) is 11.5 Å². The highest BCUT2D eigenvalue weighted by molar-refractivity contribution is 5.83. The van der Waals surface area contributed by atoms with Crippen molar-refractivity contribution in [1.29, 1.82) is 0 Å². The van der Waals surface area contributed by atoms with Crippen LogP contribution in [0.15, 0.2) is 42.5 Å². The molecular weight excluding hydrogens is 437 g/mol. The van der Waals surface area contributed by atoms with Crippen molar-refractivity contribution in [3.63, 3.8) is 0 Å². The average Bonchev–Trinajstić information content (AvgIpc) is 3.10. The molecule has 1 aromatic heterocycles. The Labute approximate surface area is 188 Å². The molecular formula is C24H25F3N2O4. The zero-order chi connectivity index (χ0) is 23.8. The third-order valence-electron chi connectivity index (χ3n) is 5.48. The summed E-state index contributed by atoms with van der Waals surface area (Å²) in [5.74, 6) is -0.561. The van der Waals surface area contributed by atoms with Crippen molar-refractivity contribution in [2.45, 2.75) is 51.7 Å². The van der Waals surface area contributed by atoms with E-state index in [9.17, 15) is 23.1 Å². The summed E-state index contributed by atoms with van der Waals surface area (Å²) in [6.45, 7) is 4.71. The Morgan fingerprint density at radius 3 is 2.70 bits per heavy atom. The van der Waals surface area contributed by atoms with Gasteiger partial charge in [0.1, 0.15) is 18.1 Å². The minimum absolute atomic E-state index is 0.0161. The molecule has 176 valence electrons. The van der Waals surface area contributed by atoms with E-state index in [4.69, 9.17) is 9.47 Å². The van der Waals surface area contributed by atoms with Gasteiger partial charge in [0.25, 0.3) is 0 Å². The van der Waals surface area contributed by atoms with Crippen LogP contribution in [0.1, 0.15) is 43.1 Å². The van der Waals surface area contributed by atoms with Gasteiger partial charge >= 0.3 is 12.1 Å². The van der Waals surface area contributed by atoms with Gasteiger partial charge in [-0.25, -0.2) is 0 Å². The van der Waals surface area contributed by atoms with Gasteiger partial charge < -0.3 is 24.5 Å². The van der Waals surface area contributed by atoms with Crippen LogP contribution in [0, 0.1) is 0 Å². The van der Waals surface area contributed by atoms with Crippen LogP contribution < -0.4 is 14.8 Å². The van der Waals surface area contributed by atoms with Gasteiger partial charge in [-0.1, -0.05) is 6.07 Å². The molecule has 3 aromatic rings. The van der Waals surface area contributed by atoms with Crippen LogP contribution in [-0.2, 0) is 24.1 Å². The molecule has 0 fully saturated rings. The molecule has 0 aliphatic carbocycles. The highest BCUT2D eigenvalue weighted by atomic mass is 19.4. The summed E-state index contributed by atoms with van der Waals surface area (Å²) >= 11 is 0. The molecule has 1 atom stereocenters. The number of aromatic nitrogens is 1. The maximum Gasteiger partial charge on any atom is 0.419 e. The fourth-order valence-corrected chi connectivity index (χ4v) is 4.12. The van der Waals surface area contributed by atoms with Crippen LogP contribution in [0.3, 0.4) is 0 Å². The summed E-state index contributed by atoms with van der Waals surface area (Å²) in [6, 6.07) is 11.1. The van der Waals surface area contributed by atoms with Crippen molar-refractivity contribution in [1.82, 2.24) is 9.88 Å². The number of nitrogens with one attached hydrogen (secondary N) is 1. The summed E-state index contributed by atoms with van der Waals surface area (Å²) in [4.78, 5) is 11.2. The molecule has 0 amide bonds.